The van der Waals surface area contributed by atoms with Crippen LogP contribution in [-0.4, -0.2) is 21.1 Å². The van der Waals surface area contributed by atoms with Crippen LogP contribution in [0.15, 0.2) is 17.0 Å². The zero-order valence-electron chi connectivity index (χ0n) is 10.5. The molecule has 7 heteroatoms. The maximum atomic E-state index is 12.2. The molecule has 0 radical (unpaired) electrons. The molecule has 4 nitrogen and oxygen atoms in total. The Labute approximate surface area is 117 Å². The Kier molecular flexibility index (Phi) is 4.54. The van der Waals surface area contributed by atoms with Gasteiger partial charge in [0.1, 0.15) is 4.90 Å². The summed E-state index contributed by atoms with van der Waals surface area (Å²) in [5, 5.41) is 0.384. The first-order chi connectivity index (χ1) is 8.07. The minimum absolute atomic E-state index is 0.0718. The summed E-state index contributed by atoms with van der Waals surface area (Å²) in [7, 11) is -2.40. The molecule has 0 aliphatic rings. The number of rotatable bonds is 3. The Morgan fingerprint density at radius 2 is 1.78 bits per heavy atom. The highest BCUT2D eigenvalue weighted by molar-refractivity contribution is 7.89. The molecule has 0 bridgehead atoms. The maximum Gasteiger partial charge on any atom is 0.244 e. The molecule has 0 aliphatic heterocycles. The van der Waals surface area contributed by atoms with Crippen LogP contribution in [0.4, 0.5) is 0 Å². The first-order valence-electron chi connectivity index (χ1n) is 5.14. The molecule has 0 aromatic heterocycles. The van der Waals surface area contributed by atoms with E-state index in [4.69, 9.17) is 27.9 Å². The van der Waals surface area contributed by atoms with Crippen molar-refractivity contribution in [3.63, 3.8) is 0 Å². The van der Waals surface area contributed by atoms with Crippen LogP contribution in [0.1, 0.15) is 20.8 Å². The third kappa shape index (κ3) is 3.75. The number of halogens is 2. The summed E-state index contributed by atoms with van der Waals surface area (Å²) in [6.07, 6.45) is 0. The average molecular weight is 312 g/mol. The topological polar surface area (TPSA) is 55.4 Å². The van der Waals surface area contributed by atoms with Crippen LogP contribution in [0.2, 0.25) is 10.0 Å². The smallest absolute Gasteiger partial charge is 0.244 e. The van der Waals surface area contributed by atoms with Gasteiger partial charge >= 0.3 is 0 Å². The SMILES string of the molecule is COc1c(Cl)cc(Cl)cc1S(=O)(=O)NC(C)(C)C. The number of hydrogen-bond acceptors (Lipinski definition) is 3. The van der Waals surface area contributed by atoms with Crippen LogP contribution in [0.25, 0.3) is 0 Å². The molecule has 0 fully saturated rings. The predicted molar refractivity (Wildman–Crippen MR) is 73.1 cm³/mol. The van der Waals surface area contributed by atoms with Crippen molar-refractivity contribution in [1.82, 2.24) is 4.72 Å². The fourth-order valence-electron chi connectivity index (χ4n) is 1.39. The van der Waals surface area contributed by atoms with Crippen LogP contribution < -0.4 is 9.46 Å². The lowest BCUT2D eigenvalue weighted by Gasteiger charge is -2.21. The van der Waals surface area contributed by atoms with Gasteiger partial charge in [0.25, 0.3) is 0 Å². The van der Waals surface area contributed by atoms with E-state index in [1.165, 1.54) is 19.2 Å². The van der Waals surface area contributed by atoms with E-state index in [1.807, 2.05) is 0 Å². The molecule has 1 aromatic rings. The van der Waals surface area contributed by atoms with Gasteiger partial charge in [0.05, 0.1) is 12.1 Å². The molecule has 1 N–H and O–H groups in total. The molecule has 0 saturated heterocycles. The van der Waals surface area contributed by atoms with Crippen molar-refractivity contribution in [2.45, 2.75) is 31.2 Å². The standard InChI is InChI=1S/C11H15Cl2NO3S/c1-11(2,3)14-18(15,16)9-6-7(12)5-8(13)10(9)17-4/h5-6,14H,1-4H3. The van der Waals surface area contributed by atoms with Crippen molar-refractivity contribution in [1.29, 1.82) is 0 Å². The van der Waals surface area contributed by atoms with E-state index < -0.39 is 15.6 Å². The van der Waals surface area contributed by atoms with Crippen molar-refractivity contribution >= 4 is 33.2 Å². The Morgan fingerprint density at radius 1 is 1.22 bits per heavy atom. The van der Waals surface area contributed by atoms with Gasteiger partial charge in [-0.15, -0.1) is 0 Å². The minimum Gasteiger partial charge on any atom is -0.494 e. The lowest BCUT2D eigenvalue weighted by molar-refractivity contribution is 0.401. The van der Waals surface area contributed by atoms with E-state index in [1.54, 1.807) is 20.8 Å². The Balaban J connectivity index is 3.41. The molecule has 0 saturated carbocycles. The zero-order valence-corrected chi connectivity index (χ0v) is 12.9. The molecule has 0 unspecified atom stereocenters. The first-order valence-corrected chi connectivity index (χ1v) is 7.38. The molecule has 0 amide bonds. The number of methoxy groups -OCH3 is 1. The van der Waals surface area contributed by atoms with E-state index in [0.717, 1.165) is 0 Å². The molecule has 0 atom stereocenters. The highest BCUT2D eigenvalue weighted by Gasteiger charge is 2.27. The number of nitrogens with one attached hydrogen (secondary N) is 1. The van der Waals surface area contributed by atoms with Crippen LogP contribution >= 0.6 is 23.2 Å². The Hall–Kier alpha value is -0.490. The number of hydrogen-bond donors (Lipinski definition) is 1. The number of sulfonamides is 1. The van der Waals surface area contributed by atoms with Gasteiger partial charge in [0.2, 0.25) is 10.0 Å². The van der Waals surface area contributed by atoms with Crippen LogP contribution in [-0.2, 0) is 10.0 Å². The van der Waals surface area contributed by atoms with Crippen molar-refractivity contribution < 1.29 is 13.2 Å². The second kappa shape index (κ2) is 5.25. The summed E-state index contributed by atoms with van der Waals surface area (Å²) in [6, 6.07) is 2.73. The minimum atomic E-state index is -3.75. The van der Waals surface area contributed by atoms with E-state index in [0.29, 0.717) is 0 Å². The van der Waals surface area contributed by atoms with Crippen LogP contribution in [0.5, 0.6) is 5.75 Å². The number of ether oxygens (including phenoxy) is 1. The quantitative estimate of drug-likeness (QED) is 0.933. The van der Waals surface area contributed by atoms with Crippen molar-refractivity contribution in [3.05, 3.63) is 22.2 Å². The van der Waals surface area contributed by atoms with Gasteiger partial charge in [0.15, 0.2) is 5.75 Å². The predicted octanol–water partition coefficient (Wildman–Crippen LogP) is 3.08. The highest BCUT2D eigenvalue weighted by atomic mass is 35.5. The summed E-state index contributed by atoms with van der Waals surface area (Å²) in [5.74, 6) is 0.0813. The Bertz CT molecular complexity index is 550. The molecule has 0 spiro atoms. The maximum absolute atomic E-state index is 12.2. The summed E-state index contributed by atoms with van der Waals surface area (Å²) in [5.41, 5.74) is -0.612. The van der Waals surface area contributed by atoms with Gasteiger partial charge in [-0.3, -0.25) is 0 Å². The second-order valence-electron chi connectivity index (χ2n) is 4.77. The average Bonchev–Trinajstić information content (AvgIpc) is 2.12. The summed E-state index contributed by atoms with van der Waals surface area (Å²) in [4.78, 5) is -0.0718. The normalized spacial score (nSPS) is 12.6. The first kappa shape index (κ1) is 15.6. The zero-order chi connectivity index (χ0) is 14.1. The van der Waals surface area contributed by atoms with Crippen molar-refractivity contribution in [2.24, 2.45) is 0 Å². The van der Waals surface area contributed by atoms with E-state index in [9.17, 15) is 8.42 Å². The van der Waals surface area contributed by atoms with Crippen LogP contribution in [0.3, 0.4) is 0 Å². The van der Waals surface area contributed by atoms with Crippen molar-refractivity contribution in [3.8, 4) is 5.75 Å². The second-order valence-corrected chi connectivity index (χ2v) is 7.27. The molecule has 1 rings (SSSR count). The third-order valence-corrected chi connectivity index (χ3v) is 4.17. The lowest BCUT2D eigenvalue weighted by atomic mass is 10.1. The fraction of sp³-hybridized carbons (Fsp3) is 0.455. The molecule has 0 heterocycles. The lowest BCUT2D eigenvalue weighted by Crippen LogP contribution is -2.40. The monoisotopic (exact) mass is 311 g/mol. The van der Waals surface area contributed by atoms with Gasteiger partial charge in [0, 0.05) is 10.6 Å². The van der Waals surface area contributed by atoms with Gasteiger partial charge in [-0.25, -0.2) is 13.1 Å². The van der Waals surface area contributed by atoms with E-state index in [-0.39, 0.29) is 20.7 Å². The van der Waals surface area contributed by atoms with Gasteiger partial charge in [-0.2, -0.15) is 0 Å². The third-order valence-electron chi connectivity index (χ3n) is 1.91. The molecular weight excluding hydrogens is 297 g/mol. The molecule has 0 aliphatic carbocycles. The van der Waals surface area contributed by atoms with E-state index in [2.05, 4.69) is 4.72 Å². The summed E-state index contributed by atoms with van der Waals surface area (Å²) < 4.78 is 32.0. The van der Waals surface area contributed by atoms with E-state index >= 15 is 0 Å². The summed E-state index contributed by atoms with van der Waals surface area (Å²) >= 11 is 11.7. The largest absolute Gasteiger partial charge is 0.494 e. The Morgan fingerprint density at radius 3 is 2.22 bits per heavy atom. The summed E-state index contributed by atoms with van der Waals surface area (Å²) in [6.45, 7) is 5.22. The molecule has 18 heavy (non-hydrogen) atoms. The van der Waals surface area contributed by atoms with Gasteiger partial charge < -0.3 is 4.74 Å². The van der Waals surface area contributed by atoms with Gasteiger partial charge in [-0.05, 0) is 32.9 Å². The van der Waals surface area contributed by atoms with Crippen molar-refractivity contribution in [2.75, 3.05) is 7.11 Å². The molecular formula is C11H15Cl2NO3S. The highest BCUT2D eigenvalue weighted by Crippen LogP contribution is 2.35. The van der Waals surface area contributed by atoms with Gasteiger partial charge in [-0.1, -0.05) is 23.2 Å². The molecule has 102 valence electrons. The molecule has 1 aromatic carbocycles. The fourth-order valence-corrected chi connectivity index (χ4v) is 3.72. The van der Waals surface area contributed by atoms with Crippen LogP contribution in [0, 0.1) is 0 Å². The number of benzene rings is 1.